The molecule has 1 aromatic rings. The second-order valence-corrected chi connectivity index (χ2v) is 4.90. The summed E-state index contributed by atoms with van der Waals surface area (Å²) in [5.41, 5.74) is 2.22. The molecule has 1 nitrogen and oxygen atoms in total. The summed E-state index contributed by atoms with van der Waals surface area (Å²) in [6, 6.07) is 5.89. The van der Waals surface area contributed by atoms with Crippen LogP contribution in [-0.2, 0) is 0 Å². The SMILES string of the molecule is CCC(C)c1ccc(OCCCC(F)(F)F)c(C)c1. The molecule has 1 aromatic carbocycles. The maximum atomic E-state index is 12.0. The van der Waals surface area contributed by atoms with Crippen LogP contribution in [-0.4, -0.2) is 12.8 Å². The second-order valence-electron chi connectivity index (χ2n) is 4.90. The maximum absolute atomic E-state index is 12.0. The fourth-order valence-corrected chi connectivity index (χ4v) is 1.83. The van der Waals surface area contributed by atoms with Gasteiger partial charge in [-0.05, 0) is 42.9 Å². The van der Waals surface area contributed by atoms with Gasteiger partial charge in [-0.3, -0.25) is 0 Å². The van der Waals surface area contributed by atoms with E-state index < -0.39 is 12.6 Å². The second kappa shape index (κ2) is 6.83. The highest BCUT2D eigenvalue weighted by Gasteiger charge is 2.26. The van der Waals surface area contributed by atoms with Crippen molar-refractivity contribution in [3.63, 3.8) is 0 Å². The van der Waals surface area contributed by atoms with Crippen LogP contribution in [0.3, 0.4) is 0 Å². The molecule has 0 fully saturated rings. The van der Waals surface area contributed by atoms with Crippen LogP contribution in [0.4, 0.5) is 13.2 Å². The molecule has 0 aliphatic carbocycles. The molecule has 108 valence electrons. The van der Waals surface area contributed by atoms with Gasteiger partial charge < -0.3 is 4.74 Å². The molecule has 0 radical (unpaired) electrons. The summed E-state index contributed by atoms with van der Waals surface area (Å²) < 4.78 is 41.4. The molecular weight excluding hydrogens is 253 g/mol. The van der Waals surface area contributed by atoms with Crippen LogP contribution in [0.1, 0.15) is 50.2 Å². The van der Waals surface area contributed by atoms with Crippen molar-refractivity contribution in [1.29, 1.82) is 0 Å². The van der Waals surface area contributed by atoms with Crippen molar-refractivity contribution in [2.75, 3.05) is 6.61 Å². The van der Waals surface area contributed by atoms with Crippen LogP contribution in [0, 0.1) is 6.92 Å². The molecule has 0 aliphatic heterocycles. The molecule has 0 amide bonds. The lowest BCUT2D eigenvalue weighted by Gasteiger charge is -2.14. The van der Waals surface area contributed by atoms with Crippen LogP contribution < -0.4 is 4.74 Å². The molecule has 1 rings (SSSR count). The number of aryl methyl sites for hydroxylation is 1. The molecule has 4 heteroatoms. The minimum Gasteiger partial charge on any atom is -0.493 e. The van der Waals surface area contributed by atoms with Crippen LogP contribution in [0.15, 0.2) is 18.2 Å². The van der Waals surface area contributed by atoms with Gasteiger partial charge in [-0.15, -0.1) is 0 Å². The van der Waals surface area contributed by atoms with Gasteiger partial charge in [0.25, 0.3) is 0 Å². The molecule has 0 saturated heterocycles. The highest BCUT2D eigenvalue weighted by Crippen LogP contribution is 2.26. The van der Waals surface area contributed by atoms with Crippen molar-refractivity contribution in [1.82, 2.24) is 0 Å². The molecule has 0 saturated carbocycles. The third-order valence-electron chi connectivity index (χ3n) is 3.24. The van der Waals surface area contributed by atoms with Gasteiger partial charge >= 0.3 is 6.18 Å². The van der Waals surface area contributed by atoms with Gasteiger partial charge in [0.1, 0.15) is 5.75 Å². The largest absolute Gasteiger partial charge is 0.493 e. The quantitative estimate of drug-likeness (QED) is 0.645. The first-order valence-electron chi connectivity index (χ1n) is 6.63. The average Bonchev–Trinajstić information content (AvgIpc) is 2.33. The number of ether oxygens (including phenoxy) is 1. The third-order valence-corrected chi connectivity index (χ3v) is 3.24. The van der Waals surface area contributed by atoms with E-state index in [1.807, 2.05) is 25.1 Å². The fraction of sp³-hybridized carbons (Fsp3) is 0.600. The van der Waals surface area contributed by atoms with Crippen molar-refractivity contribution in [3.8, 4) is 5.75 Å². The molecule has 1 atom stereocenters. The minimum absolute atomic E-state index is 0.00391. The summed E-state index contributed by atoms with van der Waals surface area (Å²) >= 11 is 0. The predicted octanol–water partition coefficient (Wildman–Crippen LogP) is 5.23. The van der Waals surface area contributed by atoms with Crippen molar-refractivity contribution >= 4 is 0 Å². The standard InChI is InChI=1S/C15H21F3O/c1-4-11(2)13-6-7-14(12(3)10-13)19-9-5-8-15(16,17)18/h6-7,10-11H,4-5,8-9H2,1-3H3. The van der Waals surface area contributed by atoms with Gasteiger partial charge in [0.05, 0.1) is 6.61 Å². The minimum atomic E-state index is -4.10. The zero-order valence-corrected chi connectivity index (χ0v) is 11.7. The van der Waals surface area contributed by atoms with Gasteiger partial charge in [-0.2, -0.15) is 13.2 Å². The first-order valence-corrected chi connectivity index (χ1v) is 6.63. The number of alkyl halides is 3. The summed E-state index contributed by atoms with van der Waals surface area (Å²) in [4.78, 5) is 0. The topological polar surface area (TPSA) is 9.23 Å². The summed E-state index contributed by atoms with van der Waals surface area (Å²) in [7, 11) is 0. The van der Waals surface area contributed by atoms with E-state index in [9.17, 15) is 13.2 Å². The lowest BCUT2D eigenvalue weighted by Crippen LogP contribution is -2.10. The summed E-state index contributed by atoms with van der Waals surface area (Å²) in [6.45, 7) is 6.30. The lowest BCUT2D eigenvalue weighted by atomic mass is 9.97. The number of hydrogen-bond donors (Lipinski definition) is 0. The molecule has 0 bridgehead atoms. The monoisotopic (exact) mass is 274 g/mol. The first-order chi connectivity index (χ1) is 8.83. The van der Waals surface area contributed by atoms with Gasteiger partial charge in [-0.25, -0.2) is 0 Å². The Morgan fingerprint density at radius 2 is 1.95 bits per heavy atom. The van der Waals surface area contributed by atoms with Crippen molar-refractivity contribution in [3.05, 3.63) is 29.3 Å². The fourth-order valence-electron chi connectivity index (χ4n) is 1.83. The van der Waals surface area contributed by atoms with E-state index in [-0.39, 0.29) is 13.0 Å². The van der Waals surface area contributed by atoms with E-state index in [1.165, 1.54) is 5.56 Å². The highest BCUT2D eigenvalue weighted by molar-refractivity contribution is 5.37. The smallest absolute Gasteiger partial charge is 0.389 e. The van der Waals surface area contributed by atoms with E-state index in [4.69, 9.17) is 4.74 Å². The zero-order chi connectivity index (χ0) is 14.5. The number of benzene rings is 1. The van der Waals surface area contributed by atoms with Gasteiger partial charge in [0.2, 0.25) is 0 Å². The van der Waals surface area contributed by atoms with Crippen LogP contribution in [0.25, 0.3) is 0 Å². The van der Waals surface area contributed by atoms with Crippen molar-refractivity contribution in [2.24, 2.45) is 0 Å². The number of halogens is 3. The average molecular weight is 274 g/mol. The van der Waals surface area contributed by atoms with Gasteiger partial charge in [-0.1, -0.05) is 26.0 Å². The van der Waals surface area contributed by atoms with Gasteiger partial charge in [0.15, 0.2) is 0 Å². The third kappa shape index (κ3) is 5.53. The Balaban J connectivity index is 2.51. The zero-order valence-electron chi connectivity index (χ0n) is 11.7. The summed E-state index contributed by atoms with van der Waals surface area (Å²) in [5, 5.41) is 0. The Morgan fingerprint density at radius 3 is 2.47 bits per heavy atom. The van der Waals surface area contributed by atoms with E-state index in [0.717, 1.165) is 12.0 Å². The Labute approximate surface area is 112 Å². The van der Waals surface area contributed by atoms with Gasteiger partial charge in [0, 0.05) is 6.42 Å². The summed E-state index contributed by atoms with van der Waals surface area (Å²) in [5.74, 6) is 1.16. The van der Waals surface area contributed by atoms with E-state index >= 15 is 0 Å². The normalized spacial score (nSPS) is 13.4. The van der Waals surface area contributed by atoms with Crippen molar-refractivity contribution in [2.45, 2.75) is 52.1 Å². The number of rotatable bonds is 6. The molecule has 19 heavy (non-hydrogen) atoms. The molecule has 0 heterocycles. The molecule has 0 aliphatic rings. The van der Waals surface area contributed by atoms with E-state index in [0.29, 0.717) is 11.7 Å². The summed E-state index contributed by atoms with van der Waals surface area (Å²) in [6.07, 6.45) is -3.84. The number of hydrogen-bond acceptors (Lipinski definition) is 1. The van der Waals surface area contributed by atoms with Crippen LogP contribution in [0.2, 0.25) is 0 Å². The predicted molar refractivity (Wildman–Crippen MR) is 70.7 cm³/mol. The molecule has 0 N–H and O–H groups in total. The Hall–Kier alpha value is -1.19. The maximum Gasteiger partial charge on any atom is 0.389 e. The Morgan fingerprint density at radius 1 is 1.26 bits per heavy atom. The van der Waals surface area contributed by atoms with E-state index in [1.54, 1.807) is 0 Å². The molecule has 0 aromatic heterocycles. The van der Waals surface area contributed by atoms with Crippen molar-refractivity contribution < 1.29 is 17.9 Å². The molecule has 1 unspecified atom stereocenters. The van der Waals surface area contributed by atoms with Crippen LogP contribution >= 0.6 is 0 Å². The van der Waals surface area contributed by atoms with E-state index in [2.05, 4.69) is 13.8 Å². The molecule has 0 spiro atoms. The lowest BCUT2D eigenvalue weighted by molar-refractivity contribution is -0.136. The molecular formula is C15H21F3O. The first kappa shape index (κ1) is 15.9. The Bertz CT molecular complexity index is 399. The highest BCUT2D eigenvalue weighted by atomic mass is 19.4. The van der Waals surface area contributed by atoms with Crippen LogP contribution in [0.5, 0.6) is 5.75 Å². The Kier molecular flexibility index (Phi) is 5.70.